The van der Waals surface area contributed by atoms with Crippen LogP contribution in [0.1, 0.15) is 56.9 Å². The van der Waals surface area contributed by atoms with Crippen molar-refractivity contribution in [2.75, 3.05) is 26.8 Å². The number of benzene rings is 1. The lowest BCUT2D eigenvalue weighted by molar-refractivity contribution is -0.0383. The molecular formula is C19H29F2NO2. The van der Waals surface area contributed by atoms with Gasteiger partial charge < -0.3 is 14.8 Å². The summed E-state index contributed by atoms with van der Waals surface area (Å²) < 4.78 is 38.0. The molecule has 3 nitrogen and oxygen atoms in total. The molecule has 0 unspecified atom stereocenters. The molecule has 1 fully saturated rings. The first kappa shape index (κ1) is 19.0. The molecule has 1 N–H and O–H groups in total. The maximum atomic E-state index is 13.4. The number of hydrogen-bond donors (Lipinski definition) is 1. The van der Waals surface area contributed by atoms with Crippen molar-refractivity contribution in [2.45, 2.75) is 57.3 Å². The Labute approximate surface area is 143 Å². The number of alkyl halides is 2. The molecule has 1 aromatic rings. The van der Waals surface area contributed by atoms with Gasteiger partial charge in [-0.1, -0.05) is 13.0 Å². The number of hydrogen-bond acceptors (Lipinski definition) is 3. The van der Waals surface area contributed by atoms with Crippen molar-refractivity contribution >= 4 is 0 Å². The minimum Gasteiger partial charge on any atom is -0.497 e. The first-order chi connectivity index (χ1) is 11.6. The Morgan fingerprint density at radius 2 is 1.96 bits per heavy atom. The fraction of sp³-hybridized carbons (Fsp3) is 0.684. The molecule has 1 saturated carbocycles. The van der Waals surface area contributed by atoms with Gasteiger partial charge in [0, 0.05) is 18.9 Å². The minimum absolute atomic E-state index is 0.0376. The van der Waals surface area contributed by atoms with E-state index in [1.54, 1.807) is 7.11 Å². The molecule has 2 rings (SSSR count). The third-order valence-corrected chi connectivity index (χ3v) is 4.56. The molecule has 0 heterocycles. The second kappa shape index (κ2) is 9.21. The lowest BCUT2D eigenvalue weighted by Crippen LogP contribution is -2.24. The summed E-state index contributed by atoms with van der Waals surface area (Å²) in [6.45, 7) is 4.68. The van der Waals surface area contributed by atoms with Crippen molar-refractivity contribution < 1.29 is 18.3 Å². The Morgan fingerprint density at radius 1 is 1.21 bits per heavy atom. The normalized spacial score (nSPS) is 17.7. The highest BCUT2D eigenvalue weighted by atomic mass is 19.3. The van der Waals surface area contributed by atoms with Gasteiger partial charge in [0.25, 0.3) is 0 Å². The number of nitrogens with one attached hydrogen (secondary N) is 1. The molecule has 136 valence electrons. The predicted octanol–water partition coefficient (Wildman–Crippen LogP) is 4.76. The zero-order chi connectivity index (χ0) is 17.4. The minimum atomic E-state index is -2.51. The molecule has 0 atom stereocenters. The van der Waals surface area contributed by atoms with Gasteiger partial charge in [-0.25, -0.2) is 8.78 Å². The largest absolute Gasteiger partial charge is 0.497 e. The Hall–Kier alpha value is -1.36. The number of ether oxygens (including phenoxy) is 2. The van der Waals surface area contributed by atoms with Crippen LogP contribution in [0.5, 0.6) is 11.5 Å². The zero-order valence-corrected chi connectivity index (χ0v) is 14.7. The predicted molar refractivity (Wildman–Crippen MR) is 92.4 cm³/mol. The van der Waals surface area contributed by atoms with Gasteiger partial charge in [-0.3, -0.25) is 0 Å². The van der Waals surface area contributed by atoms with E-state index >= 15 is 0 Å². The van der Waals surface area contributed by atoms with Crippen LogP contribution in [-0.2, 0) is 0 Å². The highest BCUT2D eigenvalue weighted by Crippen LogP contribution is 2.44. The molecule has 0 spiro atoms. The van der Waals surface area contributed by atoms with Crippen LogP contribution in [0.4, 0.5) is 8.78 Å². The van der Waals surface area contributed by atoms with Gasteiger partial charge >= 0.3 is 0 Å². The van der Waals surface area contributed by atoms with E-state index in [0.717, 1.165) is 43.0 Å². The molecule has 0 aromatic heterocycles. The maximum Gasteiger partial charge on any atom is 0.248 e. The van der Waals surface area contributed by atoms with Crippen molar-refractivity contribution in [3.8, 4) is 11.5 Å². The van der Waals surface area contributed by atoms with Crippen molar-refractivity contribution in [3.05, 3.63) is 23.8 Å². The highest BCUT2D eigenvalue weighted by molar-refractivity contribution is 5.43. The van der Waals surface area contributed by atoms with Crippen LogP contribution in [0, 0.1) is 0 Å². The van der Waals surface area contributed by atoms with E-state index in [1.807, 2.05) is 18.2 Å². The van der Waals surface area contributed by atoms with Gasteiger partial charge in [0.05, 0.1) is 13.7 Å². The van der Waals surface area contributed by atoms with E-state index in [-0.39, 0.29) is 18.8 Å². The van der Waals surface area contributed by atoms with Gasteiger partial charge in [-0.15, -0.1) is 0 Å². The average molecular weight is 341 g/mol. The number of rotatable bonds is 9. The van der Waals surface area contributed by atoms with Crippen LogP contribution < -0.4 is 14.8 Å². The van der Waals surface area contributed by atoms with Crippen molar-refractivity contribution in [2.24, 2.45) is 0 Å². The molecule has 0 radical (unpaired) electrons. The summed E-state index contributed by atoms with van der Waals surface area (Å²) >= 11 is 0. The van der Waals surface area contributed by atoms with E-state index in [0.29, 0.717) is 19.4 Å². The maximum absolute atomic E-state index is 13.4. The van der Waals surface area contributed by atoms with Crippen molar-refractivity contribution in [1.82, 2.24) is 5.32 Å². The van der Waals surface area contributed by atoms with E-state index in [4.69, 9.17) is 9.47 Å². The molecule has 1 aliphatic carbocycles. The topological polar surface area (TPSA) is 30.5 Å². The van der Waals surface area contributed by atoms with Crippen molar-refractivity contribution in [1.29, 1.82) is 0 Å². The average Bonchev–Trinajstić information content (AvgIpc) is 2.58. The third kappa shape index (κ3) is 5.62. The second-order valence-corrected chi connectivity index (χ2v) is 6.49. The molecule has 0 amide bonds. The van der Waals surface area contributed by atoms with Gasteiger partial charge in [-0.2, -0.15) is 0 Å². The fourth-order valence-electron chi connectivity index (χ4n) is 3.14. The third-order valence-electron chi connectivity index (χ3n) is 4.56. The Balaban J connectivity index is 1.97. The lowest BCUT2D eigenvalue weighted by atomic mass is 9.82. The molecular weight excluding hydrogens is 312 g/mol. The number of halogens is 2. The van der Waals surface area contributed by atoms with Crippen LogP contribution >= 0.6 is 0 Å². The first-order valence-electron chi connectivity index (χ1n) is 8.95. The molecule has 0 saturated heterocycles. The van der Waals surface area contributed by atoms with E-state index in [1.165, 1.54) is 0 Å². The summed E-state index contributed by atoms with van der Waals surface area (Å²) in [6.07, 6.45) is 2.97. The fourth-order valence-corrected chi connectivity index (χ4v) is 3.14. The van der Waals surface area contributed by atoms with Crippen LogP contribution in [0.3, 0.4) is 0 Å². The monoisotopic (exact) mass is 341 g/mol. The summed E-state index contributed by atoms with van der Waals surface area (Å²) in [5.41, 5.74) is 1.04. The highest BCUT2D eigenvalue weighted by Gasteiger charge is 2.36. The molecule has 0 bridgehead atoms. The summed E-state index contributed by atoms with van der Waals surface area (Å²) in [4.78, 5) is 0. The SMILES string of the molecule is CCCNCCCOc1cc(OC)ccc1C1CCC(F)(F)CC1. The van der Waals surface area contributed by atoms with Gasteiger partial charge in [-0.05, 0) is 56.3 Å². The van der Waals surface area contributed by atoms with E-state index < -0.39 is 5.92 Å². The van der Waals surface area contributed by atoms with E-state index in [9.17, 15) is 8.78 Å². The van der Waals surface area contributed by atoms with Crippen LogP contribution in [0.2, 0.25) is 0 Å². The first-order valence-corrected chi connectivity index (χ1v) is 8.95. The van der Waals surface area contributed by atoms with Crippen LogP contribution in [-0.4, -0.2) is 32.7 Å². The van der Waals surface area contributed by atoms with Gasteiger partial charge in [0.2, 0.25) is 5.92 Å². The molecule has 0 aliphatic heterocycles. The number of methoxy groups -OCH3 is 1. The lowest BCUT2D eigenvalue weighted by Gasteiger charge is -2.29. The Morgan fingerprint density at radius 3 is 2.62 bits per heavy atom. The molecule has 1 aromatic carbocycles. The quantitative estimate of drug-likeness (QED) is 0.657. The Kier molecular flexibility index (Phi) is 7.28. The summed E-state index contributed by atoms with van der Waals surface area (Å²) in [5.74, 6) is -0.850. The summed E-state index contributed by atoms with van der Waals surface area (Å²) in [7, 11) is 1.62. The van der Waals surface area contributed by atoms with Crippen LogP contribution in [0.15, 0.2) is 18.2 Å². The molecule has 5 heteroatoms. The van der Waals surface area contributed by atoms with Crippen LogP contribution in [0.25, 0.3) is 0 Å². The standard InChI is InChI=1S/C19H29F2NO2/c1-3-11-22-12-4-13-24-18-14-16(23-2)5-6-17(18)15-7-9-19(20,21)10-8-15/h5-6,14-15,22H,3-4,7-13H2,1-2H3. The van der Waals surface area contributed by atoms with E-state index in [2.05, 4.69) is 12.2 Å². The Bertz CT molecular complexity index is 498. The molecule has 24 heavy (non-hydrogen) atoms. The van der Waals surface area contributed by atoms with Gasteiger partial charge in [0.1, 0.15) is 11.5 Å². The smallest absolute Gasteiger partial charge is 0.248 e. The molecule has 1 aliphatic rings. The second-order valence-electron chi connectivity index (χ2n) is 6.49. The van der Waals surface area contributed by atoms with Crippen molar-refractivity contribution in [3.63, 3.8) is 0 Å². The zero-order valence-electron chi connectivity index (χ0n) is 14.7. The summed E-state index contributed by atoms with van der Waals surface area (Å²) in [6, 6.07) is 5.73. The summed E-state index contributed by atoms with van der Waals surface area (Å²) in [5, 5.41) is 3.34. The van der Waals surface area contributed by atoms with Gasteiger partial charge in [0.15, 0.2) is 0 Å².